The van der Waals surface area contributed by atoms with Gasteiger partial charge in [-0.3, -0.25) is 0 Å². The molecule has 0 aliphatic carbocycles. The third-order valence-corrected chi connectivity index (χ3v) is 4.47. The van der Waals surface area contributed by atoms with Crippen molar-refractivity contribution in [3.63, 3.8) is 0 Å². The van der Waals surface area contributed by atoms with Crippen LogP contribution in [0, 0.1) is 6.92 Å². The van der Waals surface area contributed by atoms with E-state index >= 15 is 0 Å². The first-order valence-electron chi connectivity index (χ1n) is 8.32. The Kier molecular flexibility index (Phi) is 6.95. The van der Waals surface area contributed by atoms with E-state index in [-0.39, 0.29) is 0 Å². The van der Waals surface area contributed by atoms with Gasteiger partial charge >= 0.3 is 0 Å². The summed E-state index contributed by atoms with van der Waals surface area (Å²) in [6.07, 6.45) is 1.09. The van der Waals surface area contributed by atoms with Gasteiger partial charge in [0.15, 0.2) is 11.5 Å². The fourth-order valence-corrected chi connectivity index (χ4v) is 2.66. The van der Waals surface area contributed by atoms with E-state index < -0.39 is 0 Å². The third-order valence-electron chi connectivity index (χ3n) is 4.19. The maximum Gasteiger partial charge on any atom is 0.180 e. The van der Waals surface area contributed by atoms with E-state index in [0.717, 1.165) is 24.1 Å². The number of benzene rings is 2. The molecule has 24 heavy (non-hydrogen) atoms. The van der Waals surface area contributed by atoms with Crippen LogP contribution in [-0.2, 0) is 13.2 Å². The molecule has 4 heteroatoms. The molecule has 0 saturated carbocycles. The third kappa shape index (κ3) is 4.89. The summed E-state index contributed by atoms with van der Waals surface area (Å²) < 4.78 is 11.4. The lowest BCUT2D eigenvalue weighted by Gasteiger charge is -2.16. The highest BCUT2D eigenvalue weighted by atomic mass is 35.5. The molecule has 130 valence electrons. The molecule has 0 bridgehead atoms. The minimum Gasteiger partial charge on any atom is -0.493 e. The topological polar surface area (TPSA) is 30.5 Å². The van der Waals surface area contributed by atoms with Crippen LogP contribution >= 0.6 is 11.6 Å². The molecule has 0 amide bonds. The van der Waals surface area contributed by atoms with Gasteiger partial charge in [-0.1, -0.05) is 42.8 Å². The van der Waals surface area contributed by atoms with E-state index in [4.69, 9.17) is 21.1 Å². The van der Waals surface area contributed by atoms with Gasteiger partial charge in [-0.25, -0.2) is 0 Å². The Morgan fingerprint density at radius 2 is 1.96 bits per heavy atom. The van der Waals surface area contributed by atoms with Crippen molar-refractivity contribution < 1.29 is 9.47 Å². The summed E-state index contributed by atoms with van der Waals surface area (Å²) in [7, 11) is 1.64. The Labute approximate surface area is 149 Å². The normalized spacial score (nSPS) is 12.0. The highest BCUT2D eigenvalue weighted by Gasteiger charge is 2.13. The largest absolute Gasteiger partial charge is 0.493 e. The summed E-state index contributed by atoms with van der Waals surface area (Å²) in [5.74, 6) is 1.26. The lowest BCUT2D eigenvalue weighted by atomic mass is 10.1. The van der Waals surface area contributed by atoms with Crippen molar-refractivity contribution >= 4 is 11.6 Å². The summed E-state index contributed by atoms with van der Waals surface area (Å²) >= 11 is 6.44. The maximum absolute atomic E-state index is 6.44. The van der Waals surface area contributed by atoms with Crippen LogP contribution in [0.4, 0.5) is 0 Å². The average molecular weight is 348 g/mol. The second-order valence-electron chi connectivity index (χ2n) is 6.01. The molecule has 3 nitrogen and oxygen atoms in total. The van der Waals surface area contributed by atoms with E-state index in [9.17, 15) is 0 Å². The molecule has 0 aliphatic rings. The molecule has 2 aromatic rings. The molecule has 1 N–H and O–H groups in total. The molecule has 0 spiro atoms. The monoisotopic (exact) mass is 347 g/mol. The number of rotatable bonds is 8. The number of halogens is 1. The number of methoxy groups -OCH3 is 1. The molecular formula is C20H26ClNO2. The Morgan fingerprint density at radius 1 is 1.21 bits per heavy atom. The van der Waals surface area contributed by atoms with Gasteiger partial charge in [0.2, 0.25) is 0 Å². The zero-order valence-corrected chi connectivity index (χ0v) is 15.6. The Hall–Kier alpha value is -1.71. The van der Waals surface area contributed by atoms with Crippen molar-refractivity contribution in [3.8, 4) is 11.5 Å². The zero-order valence-electron chi connectivity index (χ0n) is 14.9. The molecule has 0 radical (unpaired) electrons. The van der Waals surface area contributed by atoms with Crippen LogP contribution in [-0.4, -0.2) is 13.2 Å². The van der Waals surface area contributed by atoms with Gasteiger partial charge in [0.05, 0.1) is 12.1 Å². The number of ether oxygens (including phenoxy) is 2. The van der Waals surface area contributed by atoms with Crippen LogP contribution in [0.1, 0.15) is 37.0 Å². The van der Waals surface area contributed by atoms with Crippen molar-refractivity contribution in [2.24, 2.45) is 0 Å². The average Bonchev–Trinajstić information content (AvgIpc) is 2.59. The second-order valence-corrected chi connectivity index (χ2v) is 6.42. The van der Waals surface area contributed by atoms with Gasteiger partial charge in [-0.2, -0.15) is 0 Å². The minimum absolute atomic E-state index is 0.465. The summed E-state index contributed by atoms with van der Waals surface area (Å²) in [6.45, 7) is 7.61. The number of hydrogen-bond donors (Lipinski definition) is 1. The van der Waals surface area contributed by atoms with Gasteiger partial charge in [-0.05, 0) is 49.1 Å². The summed E-state index contributed by atoms with van der Waals surface area (Å²) in [5, 5.41) is 4.03. The van der Waals surface area contributed by atoms with Crippen LogP contribution in [0.3, 0.4) is 0 Å². The van der Waals surface area contributed by atoms with E-state index in [1.165, 1.54) is 5.56 Å². The Bertz CT molecular complexity index is 673. The van der Waals surface area contributed by atoms with Gasteiger partial charge in [-0.15, -0.1) is 0 Å². The second kappa shape index (κ2) is 8.95. The molecule has 0 aromatic heterocycles. The zero-order chi connectivity index (χ0) is 17.5. The van der Waals surface area contributed by atoms with Crippen LogP contribution in [0.2, 0.25) is 5.02 Å². The molecule has 2 rings (SSSR count). The molecule has 0 heterocycles. The van der Waals surface area contributed by atoms with E-state index in [1.54, 1.807) is 7.11 Å². The molecular weight excluding hydrogens is 322 g/mol. The predicted molar refractivity (Wildman–Crippen MR) is 100 cm³/mol. The number of nitrogens with one attached hydrogen (secondary N) is 1. The number of hydrogen-bond acceptors (Lipinski definition) is 3. The standard InChI is InChI=1S/C20H26ClNO2/c1-5-15(3)22-12-16-10-18(21)20(19(11-16)23-4)24-13-17-9-7-6-8-14(17)2/h6-11,15,22H,5,12-13H2,1-4H3/t15-/m0/s1. The van der Waals surface area contributed by atoms with Crippen molar-refractivity contribution in [3.05, 3.63) is 58.1 Å². The molecule has 0 fully saturated rings. The lowest BCUT2D eigenvalue weighted by Crippen LogP contribution is -2.24. The van der Waals surface area contributed by atoms with E-state index in [2.05, 4.69) is 38.2 Å². The van der Waals surface area contributed by atoms with Crippen molar-refractivity contribution in [1.82, 2.24) is 5.32 Å². The highest BCUT2D eigenvalue weighted by Crippen LogP contribution is 2.37. The van der Waals surface area contributed by atoms with Crippen LogP contribution in [0.25, 0.3) is 0 Å². The summed E-state index contributed by atoms with van der Waals surface area (Å²) in [4.78, 5) is 0. The SMILES string of the molecule is CC[C@H](C)NCc1cc(Cl)c(OCc2ccccc2C)c(OC)c1. The van der Waals surface area contributed by atoms with Crippen molar-refractivity contribution in [1.29, 1.82) is 0 Å². The van der Waals surface area contributed by atoms with Crippen molar-refractivity contribution in [2.45, 2.75) is 46.4 Å². The Balaban J connectivity index is 2.13. The molecule has 0 unspecified atom stereocenters. The quantitative estimate of drug-likeness (QED) is 0.718. The molecule has 0 saturated heterocycles. The van der Waals surface area contributed by atoms with Crippen molar-refractivity contribution in [2.75, 3.05) is 7.11 Å². The molecule has 0 aliphatic heterocycles. The highest BCUT2D eigenvalue weighted by molar-refractivity contribution is 6.32. The Morgan fingerprint density at radius 3 is 2.62 bits per heavy atom. The fraction of sp³-hybridized carbons (Fsp3) is 0.400. The van der Waals surface area contributed by atoms with Crippen LogP contribution in [0.15, 0.2) is 36.4 Å². The fourth-order valence-electron chi connectivity index (χ4n) is 2.37. The van der Waals surface area contributed by atoms with Crippen LogP contribution in [0.5, 0.6) is 11.5 Å². The molecule has 1 atom stereocenters. The summed E-state index contributed by atoms with van der Waals surface area (Å²) in [6, 6.07) is 12.5. The maximum atomic E-state index is 6.44. The van der Waals surface area contributed by atoms with Gasteiger partial charge in [0.1, 0.15) is 6.61 Å². The van der Waals surface area contributed by atoms with Gasteiger partial charge in [0, 0.05) is 12.6 Å². The summed E-state index contributed by atoms with van der Waals surface area (Å²) in [5.41, 5.74) is 3.42. The van der Waals surface area contributed by atoms with E-state index in [0.29, 0.717) is 29.2 Å². The predicted octanol–water partition coefficient (Wildman–Crippen LogP) is 5.12. The first-order chi connectivity index (χ1) is 11.5. The first kappa shape index (κ1) is 18.6. The number of aryl methyl sites for hydroxylation is 1. The first-order valence-corrected chi connectivity index (χ1v) is 8.70. The van der Waals surface area contributed by atoms with Crippen LogP contribution < -0.4 is 14.8 Å². The smallest absolute Gasteiger partial charge is 0.180 e. The minimum atomic E-state index is 0.465. The van der Waals surface area contributed by atoms with Gasteiger partial charge < -0.3 is 14.8 Å². The lowest BCUT2D eigenvalue weighted by molar-refractivity contribution is 0.284. The van der Waals surface area contributed by atoms with E-state index in [1.807, 2.05) is 24.3 Å². The molecule has 2 aromatic carbocycles. The van der Waals surface area contributed by atoms with Gasteiger partial charge in [0.25, 0.3) is 0 Å².